The van der Waals surface area contributed by atoms with Gasteiger partial charge in [0.25, 0.3) is 0 Å². The first-order valence-electron chi connectivity index (χ1n) is 9.73. The lowest BCUT2D eigenvalue weighted by molar-refractivity contribution is 0.153. The van der Waals surface area contributed by atoms with E-state index in [4.69, 9.17) is 16.3 Å². The molecule has 2 aromatic carbocycles. The molecule has 0 amide bonds. The molecule has 2 aromatic rings. The Bertz CT molecular complexity index is 782. The molecule has 1 fully saturated rings. The number of rotatable bonds is 7. The SMILES string of the molecule is CCc1cc(COC/C(=C\Cl)c2ccccc2C)ccc1N1CCNCC1. The third kappa shape index (κ3) is 5.13. The quantitative estimate of drug-likeness (QED) is 0.744. The molecule has 0 saturated carbocycles. The molecule has 1 aliphatic heterocycles. The minimum absolute atomic E-state index is 0.509. The normalized spacial score (nSPS) is 15.2. The topological polar surface area (TPSA) is 24.5 Å². The van der Waals surface area contributed by atoms with Gasteiger partial charge in [0.1, 0.15) is 0 Å². The van der Waals surface area contributed by atoms with Crippen LogP contribution in [0.5, 0.6) is 0 Å². The Kier molecular flexibility index (Phi) is 7.33. The van der Waals surface area contributed by atoms with Crippen molar-refractivity contribution in [3.63, 3.8) is 0 Å². The molecule has 3 rings (SSSR count). The summed E-state index contributed by atoms with van der Waals surface area (Å²) in [7, 11) is 0. The molecule has 0 spiro atoms. The fourth-order valence-electron chi connectivity index (χ4n) is 3.61. The van der Waals surface area contributed by atoms with Crippen molar-refractivity contribution in [2.75, 3.05) is 37.7 Å². The summed E-state index contributed by atoms with van der Waals surface area (Å²) in [5, 5.41) is 3.42. The number of hydrogen-bond donors (Lipinski definition) is 1. The predicted octanol–water partition coefficient (Wildman–Crippen LogP) is 4.76. The lowest BCUT2D eigenvalue weighted by atomic mass is 10.0. The van der Waals surface area contributed by atoms with Gasteiger partial charge in [0.05, 0.1) is 13.2 Å². The van der Waals surface area contributed by atoms with E-state index in [0.29, 0.717) is 13.2 Å². The van der Waals surface area contributed by atoms with Gasteiger partial charge >= 0.3 is 0 Å². The fourth-order valence-corrected chi connectivity index (χ4v) is 3.79. The van der Waals surface area contributed by atoms with Gasteiger partial charge in [-0.05, 0) is 47.2 Å². The van der Waals surface area contributed by atoms with Gasteiger partial charge in [-0.25, -0.2) is 0 Å². The zero-order valence-corrected chi connectivity index (χ0v) is 17.1. The first-order chi connectivity index (χ1) is 13.2. The van der Waals surface area contributed by atoms with Crippen LogP contribution in [0, 0.1) is 6.92 Å². The maximum absolute atomic E-state index is 6.06. The van der Waals surface area contributed by atoms with Crippen LogP contribution in [-0.4, -0.2) is 32.8 Å². The van der Waals surface area contributed by atoms with Gasteiger partial charge < -0.3 is 15.0 Å². The van der Waals surface area contributed by atoms with Crippen LogP contribution < -0.4 is 10.2 Å². The van der Waals surface area contributed by atoms with Crippen molar-refractivity contribution < 1.29 is 4.74 Å². The molecule has 27 heavy (non-hydrogen) atoms. The van der Waals surface area contributed by atoms with E-state index in [2.05, 4.69) is 54.4 Å². The zero-order valence-electron chi connectivity index (χ0n) is 16.3. The van der Waals surface area contributed by atoms with Crippen LogP contribution in [0.15, 0.2) is 48.0 Å². The Morgan fingerprint density at radius 1 is 1.19 bits per heavy atom. The highest BCUT2D eigenvalue weighted by Gasteiger charge is 2.14. The van der Waals surface area contributed by atoms with Gasteiger partial charge in [-0.3, -0.25) is 0 Å². The maximum atomic E-state index is 6.06. The molecule has 0 atom stereocenters. The van der Waals surface area contributed by atoms with Crippen LogP contribution >= 0.6 is 11.6 Å². The standard InChI is InChI=1S/C23H29ClN2O/c1-3-20-14-19(8-9-23(20)26-12-10-25-11-13-26)16-27-17-21(15-24)22-7-5-4-6-18(22)2/h4-9,14-15,25H,3,10-13,16-17H2,1-2H3/b21-15+. The Morgan fingerprint density at radius 3 is 2.67 bits per heavy atom. The number of benzene rings is 2. The summed E-state index contributed by atoms with van der Waals surface area (Å²) >= 11 is 6.06. The van der Waals surface area contributed by atoms with E-state index in [1.54, 1.807) is 5.54 Å². The van der Waals surface area contributed by atoms with Crippen LogP contribution in [0.4, 0.5) is 5.69 Å². The van der Waals surface area contributed by atoms with Crippen molar-refractivity contribution in [1.29, 1.82) is 0 Å². The number of hydrogen-bond acceptors (Lipinski definition) is 3. The van der Waals surface area contributed by atoms with E-state index < -0.39 is 0 Å². The highest BCUT2D eigenvalue weighted by molar-refractivity contribution is 6.28. The van der Waals surface area contributed by atoms with Crippen LogP contribution in [-0.2, 0) is 17.8 Å². The van der Waals surface area contributed by atoms with E-state index in [9.17, 15) is 0 Å². The second-order valence-electron chi connectivity index (χ2n) is 7.00. The number of nitrogens with zero attached hydrogens (tertiary/aromatic N) is 1. The zero-order chi connectivity index (χ0) is 19.1. The lowest BCUT2D eigenvalue weighted by Gasteiger charge is -2.31. The number of halogens is 1. The Hall–Kier alpha value is -1.81. The van der Waals surface area contributed by atoms with Gasteiger partial charge in [0.2, 0.25) is 0 Å². The van der Waals surface area contributed by atoms with Gasteiger partial charge in [0.15, 0.2) is 0 Å². The highest BCUT2D eigenvalue weighted by atomic mass is 35.5. The number of nitrogens with one attached hydrogen (secondary N) is 1. The molecular weight excluding hydrogens is 356 g/mol. The largest absolute Gasteiger partial charge is 0.372 e. The molecule has 0 unspecified atom stereocenters. The molecule has 1 heterocycles. The second-order valence-corrected chi connectivity index (χ2v) is 7.21. The van der Waals surface area contributed by atoms with Crippen molar-refractivity contribution in [2.24, 2.45) is 0 Å². The highest BCUT2D eigenvalue weighted by Crippen LogP contribution is 2.24. The molecule has 1 saturated heterocycles. The predicted molar refractivity (Wildman–Crippen MR) is 116 cm³/mol. The van der Waals surface area contributed by atoms with Crippen LogP contribution in [0.2, 0.25) is 0 Å². The van der Waals surface area contributed by atoms with E-state index >= 15 is 0 Å². The summed E-state index contributed by atoms with van der Waals surface area (Å²) < 4.78 is 5.99. The number of aryl methyl sites for hydroxylation is 2. The molecular formula is C23H29ClN2O. The lowest BCUT2D eigenvalue weighted by Crippen LogP contribution is -2.43. The first-order valence-corrected chi connectivity index (χ1v) is 10.2. The third-order valence-corrected chi connectivity index (χ3v) is 5.39. The Balaban J connectivity index is 1.63. The van der Waals surface area contributed by atoms with Gasteiger partial charge in [0, 0.05) is 37.4 Å². The maximum Gasteiger partial charge on any atom is 0.0735 e. The third-order valence-electron chi connectivity index (χ3n) is 5.13. The number of piperazine rings is 1. The van der Waals surface area contributed by atoms with E-state index in [1.165, 1.54) is 22.4 Å². The Morgan fingerprint density at radius 2 is 1.96 bits per heavy atom. The van der Waals surface area contributed by atoms with Gasteiger partial charge in [-0.1, -0.05) is 54.9 Å². The average molecular weight is 385 g/mol. The molecule has 0 radical (unpaired) electrons. The molecule has 1 aliphatic rings. The molecule has 1 N–H and O–H groups in total. The molecule has 0 aromatic heterocycles. The fraction of sp³-hybridized carbons (Fsp3) is 0.391. The summed E-state index contributed by atoms with van der Waals surface area (Å²) in [6, 6.07) is 15.0. The van der Waals surface area contributed by atoms with Crippen molar-refractivity contribution in [3.8, 4) is 0 Å². The number of anilines is 1. The van der Waals surface area contributed by atoms with E-state index in [1.807, 2.05) is 12.1 Å². The summed E-state index contributed by atoms with van der Waals surface area (Å²) in [5.41, 5.74) is 8.98. The minimum atomic E-state index is 0.509. The van der Waals surface area contributed by atoms with Gasteiger partial charge in [-0.2, -0.15) is 0 Å². The summed E-state index contributed by atoms with van der Waals surface area (Å²) in [5.74, 6) is 0. The monoisotopic (exact) mass is 384 g/mol. The van der Waals surface area contributed by atoms with Crippen molar-refractivity contribution in [2.45, 2.75) is 26.9 Å². The first kappa shape index (κ1) is 19.9. The van der Waals surface area contributed by atoms with Crippen LogP contribution in [0.3, 0.4) is 0 Å². The Labute approximate surface area is 168 Å². The van der Waals surface area contributed by atoms with Crippen LogP contribution in [0.25, 0.3) is 5.57 Å². The molecule has 144 valence electrons. The summed E-state index contributed by atoms with van der Waals surface area (Å²) in [4.78, 5) is 2.48. The van der Waals surface area contributed by atoms with Crippen molar-refractivity contribution in [1.82, 2.24) is 5.32 Å². The summed E-state index contributed by atoms with van der Waals surface area (Å²) in [6.07, 6.45) is 1.03. The second kappa shape index (κ2) is 9.93. The van der Waals surface area contributed by atoms with Crippen molar-refractivity contribution >= 4 is 22.9 Å². The average Bonchev–Trinajstić information content (AvgIpc) is 2.72. The molecule has 0 bridgehead atoms. The van der Waals surface area contributed by atoms with Crippen LogP contribution in [0.1, 0.15) is 29.2 Å². The molecule has 3 nitrogen and oxygen atoms in total. The molecule has 4 heteroatoms. The smallest absolute Gasteiger partial charge is 0.0735 e. The van der Waals surface area contributed by atoms with Crippen molar-refractivity contribution in [3.05, 3.63) is 70.3 Å². The van der Waals surface area contributed by atoms with E-state index in [-0.39, 0.29) is 0 Å². The van der Waals surface area contributed by atoms with E-state index in [0.717, 1.165) is 43.7 Å². The van der Waals surface area contributed by atoms with Gasteiger partial charge in [-0.15, -0.1) is 0 Å². The summed E-state index contributed by atoms with van der Waals surface area (Å²) in [6.45, 7) is 9.67. The molecule has 0 aliphatic carbocycles. The number of ether oxygens (including phenoxy) is 1. The minimum Gasteiger partial charge on any atom is -0.372 e.